The molecule has 56 heavy (non-hydrogen) atoms. The van der Waals surface area contributed by atoms with Crippen molar-refractivity contribution in [3.8, 4) is 5.75 Å². The highest BCUT2D eigenvalue weighted by atomic mass is 19.4. The molecule has 0 aliphatic carbocycles. The van der Waals surface area contributed by atoms with Gasteiger partial charge < -0.3 is 29.5 Å². The molecule has 0 atom stereocenters. The highest BCUT2D eigenvalue weighted by Crippen LogP contribution is 2.39. The largest absolute Gasteiger partial charge is 0.504 e. The molecule has 0 radical (unpaired) electrons. The van der Waals surface area contributed by atoms with Crippen LogP contribution in [0.2, 0.25) is 0 Å². The molecule has 0 saturated carbocycles. The van der Waals surface area contributed by atoms with Crippen LogP contribution in [0.1, 0.15) is 73.5 Å². The Balaban J connectivity index is 0.00000225. The molecule has 5 rings (SSSR count). The SMILES string of the molecule is C=Nn1c(=O)c(N2CCN(C(=O)c3ncnc(C)c3O)CC2)c(CC)n(CC(=O)Nc2ccc(C(F)(F)F)c(C)c2N=CC)c1=NCC1=CCOCC1.CCC. The molecule has 1 aromatic carbocycles. The Morgan fingerprint density at radius 1 is 1.11 bits per heavy atom. The van der Waals surface area contributed by atoms with Crippen LogP contribution in [0.5, 0.6) is 5.75 Å². The Labute approximate surface area is 323 Å². The van der Waals surface area contributed by atoms with Crippen LogP contribution in [0.25, 0.3) is 0 Å². The van der Waals surface area contributed by atoms with Gasteiger partial charge in [-0.25, -0.2) is 15.0 Å². The van der Waals surface area contributed by atoms with Crippen molar-refractivity contribution in [1.29, 1.82) is 0 Å². The predicted molar refractivity (Wildman–Crippen MR) is 208 cm³/mol. The number of ether oxygens (including phenoxy) is 1. The number of rotatable bonds is 10. The lowest BCUT2D eigenvalue weighted by molar-refractivity contribution is -0.138. The van der Waals surface area contributed by atoms with Crippen LogP contribution < -0.4 is 21.4 Å². The van der Waals surface area contributed by atoms with Crippen molar-refractivity contribution < 1.29 is 32.6 Å². The van der Waals surface area contributed by atoms with Crippen LogP contribution in [0, 0.1) is 13.8 Å². The van der Waals surface area contributed by atoms with Crippen LogP contribution in [0.3, 0.4) is 0 Å². The second-order valence-corrected chi connectivity index (χ2v) is 13.0. The molecule has 2 aliphatic heterocycles. The van der Waals surface area contributed by atoms with Gasteiger partial charge in [-0.05, 0) is 56.9 Å². The lowest BCUT2D eigenvalue weighted by atomic mass is 10.0. The van der Waals surface area contributed by atoms with Gasteiger partial charge in [-0.1, -0.05) is 33.3 Å². The molecule has 3 aromatic rings. The zero-order chi connectivity index (χ0) is 41.2. The lowest BCUT2D eigenvalue weighted by Crippen LogP contribution is -2.52. The normalized spacial score (nSPS) is 15.0. The third kappa shape index (κ3) is 9.77. The van der Waals surface area contributed by atoms with E-state index in [2.05, 4.69) is 45.9 Å². The Bertz CT molecular complexity index is 2120. The molecule has 2 aliphatic rings. The van der Waals surface area contributed by atoms with Gasteiger partial charge in [0.2, 0.25) is 11.5 Å². The summed E-state index contributed by atoms with van der Waals surface area (Å²) >= 11 is 0. The van der Waals surface area contributed by atoms with E-state index in [4.69, 9.17) is 9.73 Å². The fraction of sp³-hybridized carbons (Fsp3) is 0.474. The minimum atomic E-state index is -4.62. The van der Waals surface area contributed by atoms with Gasteiger partial charge in [0, 0.05) is 39.1 Å². The van der Waals surface area contributed by atoms with E-state index in [1.54, 1.807) is 23.3 Å². The zero-order valence-corrected chi connectivity index (χ0v) is 32.6. The number of hydrogen-bond acceptors (Lipinski definition) is 11. The first-order chi connectivity index (χ1) is 26.7. The number of anilines is 2. The summed E-state index contributed by atoms with van der Waals surface area (Å²) in [5.41, 5.74) is 0.314. The molecule has 2 N–H and O–H groups in total. The van der Waals surface area contributed by atoms with E-state index in [1.807, 2.05) is 13.0 Å². The van der Waals surface area contributed by atoms with Gasteiger partial charge in [-0.3, -0.25) is 19.4 Å². The van der Waals surface area contributed by atoms with Gasteiger partial charge in [0.05, 0.1) is 48.1 Å². The van der Waals surface area contributed by atoms with E-state index in [0.29, 0.717) is 25.3 Å². The highest BCUT2D eigenvalue weighted by Gasteiger charge is 2.34. The van der Waals surface area contributed by atoms with Gasteiger partial charge in [0.1, 0.15) is 18.6 Å². The second kappa shape index (κ2) is 19.3. The summed E-state index contributed by atoms with van der Waals surface area (Å²) in [6.45, 7) is 15.6. The molecule has 1 fully saturated rings. The number of aromatic hydroxyl groups is 1. The maximum atomic E-state index is 14.2. The van der Waals surface area contributed by atoms with Crippen molar-refractivity contribution >= 4 is 41.8 Å². The van der Waals surface area contributed by atoms with Crippen molar-refractivity contribution in [1.82, 2.24) is 24.1 Å². The first kappa shape index (κ1) is 43.1. The van der Waals surface area contributed by atoms with Crippen LogP contribution >= 0.6 is 0 Å². The molecular formula is C38H49F3N10O5. The topological polar surface area (TPSA) is 172 Å². The molecule has 15 nitrogen and oxygen atoms in total. The molecule has 0 bridgehead atoms. The molecule has 2 amide bonds. The van der Waals surface area contributed by atoms with E-state index < -0.39 is 35.7 Å². The third-order valence-corrected chi connectivity index (χ3v) is 9.04. The van der Waals surface area contributed by atoms with Crippen LogP contribution in [-0.4, -0.2) is 99.9 Å². The Morgan fingerprint density at radius 3 is 2.39 bits per heavy atom. The maximum absolute atomic E-state index is 14.2. The second-order valence-electron chi connectivity index (χ2n) is 13.0. The summed E-state index contributed by atoms with van der Waals surface area (Å²) in [5, 5.41) is 17.1. The number of halogens is 3. The minimum absolute atomic E-state index is 0.0379. The maximum Gasteiger partial charge on any atom is 0.416 e. The smallest absolute Gasteiger partial charge is 0.416 e. The van der Waals surface area contributed by atoms with Crippen LogP contribution in [-0.2, 0) is 28.7 Å². The number of nitrogens with one attached hydrogen (secondary N) is 1. The Hall–Kier alpha value is -5.65. The van der Waals surface area contributed by atoms with E-state index in [1.165, 1.54) is 30.8 Å². The summed E-state index contributed by atoms with van der Waals surface area (Å²) in [7, 11) is 0. The van der Waals surface area contributed by atoms with Crippen LogP contribution in [0.15, 0.2) is 50.0 Å². The predicted octanol–water partition coefficient (Wildman–Crippen LogP) is 4.79. The average molecular weight is 783 g/mol. The number of piperazine rings is 1. The molecule has 18 heteroatoms. The highest BCUT2D eigenvalue weighted by molar-refractivity contribution is 5.96. The molecule has 302 valence electrons. The average Bonchev–Trinajstić information content (AvgIpc) is 3.17. The summed E-state index contributed by atoms with van der Waals surface area (Å²) in [6, 6.07) is 2.05. The minimum Gasteiger partial charge on any atom is -0.504 e. The summed E-state index contributed by atoms with van der Waals surface area (Å²) < 4.78 is 49.1. The first-order valence-electron chi connectivity index (χ1n) is 18.4. The summed E-state index contributed by atoms with van der Waals surface area (Å²) in [5.74, 6) is -1.40. The van der Waals surface area contributed by atoms with Gasteiger partial charge in [-0.15, -0.1) is 0 Å². The third-order valence-electron chi connectivity index (χ3n) is 9.04. The number of benzene rings is 1. The molecule has 1 saturated heterocycles. The van der Waals surface area contributed by atoms with E-state index >= 15 is 0 Å². The molecule has 0 spiro atoms. The molecule has 0 unspecified atom stereocenters. The number of carbonyl (C=O) groups excluding carboxylic acids is 2. The van der Waals surface area contributed by atoms with Crippen molar-refractivity contribution in [3.63, 3.8) is 0 Å². The standard InChI is InChI=1S/C35H41F3N10O5.C3H8/c1-6-26-30(45-12-14-46(15-13-45)32(51)29-31(50)22(4)42-20-43-29)33(52)48(39-5)34(41-18-23-10-16-53-17-11-23)47(26)19-27(49)44-25-9-8-24(35(36,37)38)21(3)28(25)40-7-2;1-3-2/h7-10,20,50H,5-6,11-19H2,1-4H3,(H,44,49);3H2,1-2H3. The first-order valence-corrected chi connectivity index (χ1v) is 18.4. The monoisotopic (exact) mass is 782 g/mol. The van der Waals surface area contributed by atoms with Gasteiger partial charge >= 0.3 is 6.18 Å². The number of nitrogens with zero attached hydrogens (tertiary/aromatic N) is 9. The Kier molecular flexibility index (Phi) is 14.8. The van der Waals surface area contributed by atoms with Crippen LogP contribution in [0.4, 0.5) is 30.2 Å². The van der Waals surface area contributed by atoms with Gasteiger partial charge in [0.25, 0.3) is 11.5 Å². The van der Waals surface area contributed by atoms with E-state index in [0.717, 1.165) is 22.4 Å². The number of hydrogen-bond donors (Lipinski definition) is 2. The lowest BCUT2D eigenvalue weighted by Gasteiger charge is -2.37. The summed E-state index contributed by atoms with van der Waals surface area (Å²) in [6.07, 6.45) is 1.96. The number of aliphatic imine (C=N–C) groups is 1. The zero-order valence-electron chi connectivity index (χ0n) is 32.6. The number of aromatic nitrogens is 4. The summed E-state index contributed by atoms with van der Waals surface area (Å²) in [4.78, 5) is 61.3. The van der Waals surface area contributed by atoms with Gasteiger partial charge in [0.15, 0.2) is 11.4 Å². The fourth-order valence-corrected chi connectivity index (χ4v) is 6.32. The number of alkyl halides is 3. The number of carbonyl (C=O) groups is 2. The van der Waals surface area contributed by atoms with Crippen molar-refractivity contribution in [3.05, 3.63) is 74.3 Å². The van der Waals surface area contributed by atoms with E-state index in [9.17, 15) is 32.7 Å². The van der Waals surface area contributed by atoms with Crippen molar-refractivity contribution in [2.75, 3.05) is 56.2 Å². The van der Waals surface area contributed by atoms with Gasteiger partial charge in [-0.2, -0.15) is 22.9 Å². The number of aryl methyl sites for hydroxylation is 1. The number of amides is 2. The van der Waals surface area contributed by atoms with E-state index in [-0.39, 0.29) is 84.5 Å². The fourth-order valence-electron chi connectivity index (χ4n) is 6.32. The molecule has 4 heterocycles. The molecular weight excluding hydrogens is 733 g/mol. The quantitative estimate of drug-likeness (QED) is 0.218. The Morgan fingerprint density at radius 2 is 1.80 bits per heavy atom. The molecule has 2 aromatic heterocycles. The van der Waals surface area contributed by atoms with Crippen molar-refractivity contribution in [2.45, 2.75) is 73.5 Å². The van der Waals surface area contributed by atoms with Crippen molar-refractivity contribution in [2.24, 2.45) is 15.1 Å².